The summed E-state index contributed by atoms with van der Waals surface area (Å²) in [5.74, 6) is -0.0272. The van der Waals surface area contributed by atoms with E-state index in [9.17, 15) is 9.90 Å². The number of nitrogens with one attached hydrogen (secondary N) is 2. The second-order valence-electron chi connectivity index (χ2n) is 4.99. The van der Waals surface area contributed by atoms with E-state index < -0.39 is 5.60 Å². The van der Waals surface area contributed by atoms with Crippen LogP contribution < -0.4 is 10.6 Å². The summed E-state index contributed by atoms with van der Waals surface area (Å²) >= 11 is 0. The minimum Gasteiger partial charge on any atom is -0.388 e. The van der Waals surface area contributed by atoms with Crippen LogP contribution in [0.1, 0.15) is 46.0 Å². The molecule has 0 heterocycles. The Balaban J connectivity index is 2.10. The summed E-state index contributed by atoms with van der Waals surface area (Å²) in [6.07, 6.45) is 5.54. The van der Waals surface area contributed by atoms with Crippen LogP contribution in [0.3, 0.4) is 0 Å². The molecule has 1 saturated carbocycles. The maximum atomic E-state index is 11.5. The summed E-state index contributed by atoms with van der Waals surface area (Å²) in [4.78, 5) is 11.5. The van der Waals surface area contributed by atoms with E-state index in [4.69, 9.17) is 0 Å². The van der Waals surface area contributed by atoms with Gasteiger partial charge in [-0.3, -0.25) is 4.79 Å². The molecule has 0 aromatic heterocycles. The highest BCUT2D eigenvalue weighted by molar-refractivity contribution is 5.78. The Kier molecular flexibility index (Phi) is 5.22. The first-order chi connectivity index (χ1) is 7.53. The van der Waals surface area contributed by atoms with Crippen molar-refractivity contribution in [3.05, 3.63) is 0 Å². The molecule has 0 aromatic carbocycles. The van der Waals surface area contributed by atoms with Gasteiger partial charge in [0.25, 0.3) is 0 Å². The molecule has 0 saturated heterocycles. The molecule has 1 fully saturated rings. The third kappa shape index (κ3) is 4.94. The predicted octanol–water partition coefficient (Wildman–Crippen LogP) is 0.796. The molecule has 1 atom stereocenters. The maximum absolute atomic E-state index is 11.5. The SMILES string of the molecule is CCC(C)(O)CNC(=O)CNC1CCCC1. The van der Waals surface area contributed by atoms with Crippen LogP contribution >= 0.6 is 0 Å². The lowest BCUT2D eigenvalue weighted by atomic mass is 10.0. The molecule has 4 heteroatoms. The van der Waals surface area contributed by atoms with Crippen molar-refractivity contribution >= 4 is 5.91 Å². The summed E-state index contributed by atoms with van der Waals surface area (Å²) in [5, 5.41) is 15.7. The van der Waals surface area contributed by atoms with Crippen LogP contribution in [-0.2, 0) is 4.79 Å². The fourth-order valence-electron chi connectivity index (χ4n) is 1.84. The maximum Gasteiger partial charge on any atom is 0.234 e. The molecule has 16 heavy (non-hydrogen) atoms. The number of carbonyl (C=O) groups excluding carboxylic acids is 1. The lowest BCUT2D eigenvalue weighted by Gasteiger charge is -2.21. The molecule has 0 bridgehead atoms. The van der Waals surface area contributed by atoms with Crippen LogP contribution in [0.15, 0.2) is 0 Å². The number of aliphatic hydroxyl groups is 1. The van der Waals surface area contributed by atoms with Crippen LogP contribution in [0.5, 0.6) is 0 Å². The summed E-state index contributed by atoms with van der Waals surface area (Å²) in [6, 6.07) is 0.512. The van der Waals surface area contributed by atoms with E-state index in [-0.39, 0.29) is 5.91 Å². The van der Waals surface area contributed by atoms with Gasteiger partial charge in [0.05, 0.1) is 12.1 Å². The van der Waals surface area contributed by atoms with E-state index >= 15 is 0 Å². The molecule has 4 nitrogen and oxygen atoms in total. The molecule has 0 spiro atoms. The van der Waals surface area contributed by atoms with Gasteiger partial charge in [0.1, 0.15) is 0 Å². The second kappa shape index (κ2) is 6.21. The van der Waals surface area contributed by atoms with E-state index in [1.54, 1.807) is 6.92 Å². The summed E-state index contributed by atoms with van der Waals surface area (Å²) < 4.78 is 0. The topological polar surface area (TPSA) is 61.4 Å². The van der Waals surface area contributed by atoms with E-state index in [1.807, 2.05) is 6.92 Å². The molecular weight excluding hydrogens is 204 g/mol. The van der Waals surface area contributed by atoms with Crippen molar-refractivity contribution < 1.29 is 9.90 Å². The number of hydrogen-bond donors (Lipinski definition) is 3. The Hall–Kier alpha value is -0.610. The van der Waals surface area contributed by atoms with Crippen molar-refractivity contribution in [2.75, 3.05) is 13.1 Å². The van der Waals surface area contributed by atoms with Gasteiger partial charge in [-0.05, 0) is 26.2 Å². The van der Waals surface area contributed by atoms with Gasteiger partial charge in [-0.2, -0.15) is 0 Å². The van der Waals surface area contributed by atoms with E-state index in [1.165, 1.54) is 25.7 Å². The normalized spacial score (nSPS) is 20.7. The molecule has 1 rings (SSSR count). The first-order valence-electron chi connectivity index (χ1n) is 6.26. The van der Waals surface area contributed by atoms with Crippen molar-refractivity contribution in [1.29, 1.82) is 0 Å². The smallest absolute Gasteiger partial charge is 0.234 e. The molecule has 1 amide bonds. The quantitative estimate of drug-likeness (QED) is 0.630. The largest absolute Gasteiger partial charge is 0.388 e. The van der Waals surface area contributed by atoms with Crippen LogP contribution in [-0.4, -0.2) is 35.7 Å². The molecule has 0 aliphatic heterocycles. The zero-order chi connectivity index (χ0) is 12.0. The van der Waals surface area contributed by atoms with Crippen molar-refractivity contribution in [3.63, 3.8) is 0 Å². The first kappa shape index (κ1) is 13.5. The van der Waals surface area contributed by atoms with Gasteiger partial charge in [-0.25, -0.2) is 0 Å². The molecule has 0 radical (unpaired) electrons. The minimum absolute atomic E-state index is 0.0272. The van der Waals surface area contributed by atoms with E-state index in [0.29, 0.717) is 25.6 Å². The predicted molar refractivity (Wildman–Crippen MR) is 64.2 cm³/mol. The lowest BCUT2D eigenvalue weighted by Crippen LogP contribution is -2.44. The fraction of sp³-hybridized carbons (Fsp3) is 0.917. The lowest BCUT2D eigenvalue weighted by molar-refractivity contribution is -0.121. The Morgan fingerprint density at radius 2 is 2.06 bits per heavy atom. The third-order valence-corrected chi connectivity index (χ3v) is 3.33. The highest BCUT2D eigenvalue weighted by Gasteiger charge is 2.19. The fourth-order valence-corrected chi connectivity index (χ4v) is 1.84. The number of carbonyl (C=O) groups is 1. The Morgan fingerprint density at radius 3 is 2.62 bits per heavy atom. The number of rotatable bonds is 6. The molecular formula is C12H24N2O2. The summed E-state index contributed by atoms with van der Waals surface area (Å²) in [5.41, 5.74) is -0.789. The standard InChI is InChI=1S/C12H24N2O2/c1-3-12(2,16)9-14-11(15)8-13-10-6-4-5-7-10/h10,13,16H,3-9H2,1-2H3,(H,14,15). The molecule has 3 N–H and O–H groups in total. The molecule has 1 aliphatic carbocycles. The highest BCUT2D eigenvalue weighted by Crippen LogP contribution is 2.17. The zero-order valence-corrected chi connectivity index (χ0v) is 10.4. The molecule has 1 aliphatic rings. The summed E-state index contributed by atoms with van der Waals surface area (Å²) in [6.45, 7) is 4.33. The van der Waals surface area contributed by atoms with Gasteiger partial charge in [-0.1, -0.05) is 19.8 Å². The van der Waals surface area contributed by atoms with Gasteiger partial charge in [0.15, 0.2) is 0 Å². The van der Waals surface area contributed by atoms with Crippen LogP contribution in [0.4, 0.5) is 0 Å². The van der Waals surface area contributed by atoms with E-state index in [0.717, 1.165) is 0 Å². The van der Waals surface area contributed by atoms with Crippen LogP contribution in [0.25, 0.3) is 0 Å². The zero-order valence-electron chi connectivity index (χ0n) is 10.4. The van der Waals surface area contributed by atoms with Crippen molar-refractivity contribution in [1.82, 2.24) is 10.6 Å². The minimum atomic E-state index is -0.789. The monoisotopic (exact) mass is 228 g/mol. The third-order valence-electron chi connectivity index (χ3n) is 3.33. The van der Waals surface area contributed by atoms with Gasteiger partial charge in [0, 0.05) is 12.6 Å². The van der Waals surface area contributed by atoms with Gasteiger partial charge < -0.3 is 15.7 Å². The molecule has 1 unspecified atom stereocenters. The van der Waals surface area contributed by atoms with Crippen molar-refractivity contribution in [3.8, 4) is 0 Å². The van der Waals surface area contributed by atoms with Crippen LogP contribution in [0.2, 0.25) is 0 Å². The second-order valence-corrected chi connectivity index (χ2v) is 4.99. The van der Waals surface area contributed by atoms with Gasteiger partial charge in [-0.15, -0.1) is 0 Å². The summed E-state index contributed by atoms with van der Waals surface area (Å²) in [7, 11) is 0. The van der Waals surface area contributed by atoms with Crippen molar-refractivity contribution in [2.45, 2.75) is 57.6 Å². The Labute approximate surface area is 97.8 Å². The molecule has 0 aromatic rings. The highest BCUT2D eigenvalue weighted by atomic mass is 16.3. The molecule has 94 valence electrons. The Morgan fingerprint density at radius 1 is 1.44 bits per heavy atom. The average Bonchev–Trinajstić information content (AvgIpc) is 2.76. The number of amides is 1. The van der Waals surface area contributed by atoms with Crippen molar-refractivity contribution in [2.24, 2.45) is 0 Å². The van der Waals surface area contributed by atoms with Gasteiger partial charge >= 0.3 is 0 Å². The van der Waals surface area contributed by atoms with Crippen LogP contribution in [0, 0.1) is 0 Å². The average molecular weight is 228 g/mol. The first-order valence-corrected chi connectivity index (χ1v) is 6.26. The van der Waals surface area contributed by atoms with E-state index in [2.05, 4.69) is 10.6 Å². The number of hydrogen-bond acceptors (Lipinski definition) is 3. The van der Waals surface area contributed by atoms with Gasteiger partial charge in [0.2, 0.25) is 5.91 Å². The Bertz CT molecular complexity index is 223.